The van der Waals surface area contributed by atoms with Crippen LogP contribution in [0, 0.1) is 27.7 Å². The SMILES string of the molecule is Cc1cc(CC(c2ccc(S)c(C)c2)(c2ccc(S)c(C)c2)c2ccc(S)c(C)c2)ccc1S. The van der Waals surface area contributed by atoms with E-state index in [-0.39, 0.29) is 0 Å². The molecular formula is C30H30S4. The summed E-state index contributed by atoms with van der Waals surface area (Å²) in [5, 5.41) is 0. The van der Waals surface area contributed by atoms with Gasteiger partial charge in [-0.3, -0.25) is 0 Å². The van der Waals surface area contributed by atoms with Gasteiger partial charge in [0.25, 0.3) is 0 Å². The van der Waals surface area contributed by atoms with Gasteiger partial charge in [-0.2, -0.15) is 0 Å². The van der Waals surface area contributed by atoms with Crippen LogP contribution in [0.1, 0.15) is 44.5 Å². The summed E-state index contributed by atoms with van der Waals surface area (Å²) in [6, 6.07) is 26.4. The molecule has 0 aliphatic carbocycles. The Balaban J connectivity index is 2.10. The van der Waals surface area contributed by atoms with Crippen LogP contribution in [-0.4, -0.2) is 0 Å². The molecule has 0 bridgehead atoms. The number of hydrogen-bond donors (Lipinski definition) is 4. The summed E-state index contributed by atoms with van der Waals surface area (Å²) in [6.45, 7) is 8.49. The summed E-state index contributed by atoms with van der Waals surface area (Å²) in [5.41, 5.74) is 9.26. The molecule has 0 saturated carbocycles. The lowest BCUT2D eigenvalue weighted by Crippen LogP contribution is -2.32. The van der Waals surface area contributed by atoms with Gasteiger partial charge in [0, 0.05) is 25.0 Å². The summed E-state index contributed by atoms with van der Waals surface area (Å²) < 4.78 is 0. The van der Waals surface area contributed by atoms with Crippen LogP contribution in [0.3, 0.4) is 0 Å². The minimum absolute atomic E-state index is 0.407. The Bertz CT molecular complexity index is 1250. The van der Waals surface area contributed by atoms with Crippen LogP contribution in [0.5, 0.6) is 0 Å². The van der Waals surface area contributed by atoms with Crippen LogP contribution in [0.4, 0.5) is 0 Å². The first kappa shape index (κ1) is 25.4. The minimum atomic E-state index is -0.407. The third kappa shape index (κ3) is 4.83. The molecule has 0 N–H and O–H groups in total. The molecule has 0 spiro atoms. The summed E-state index contributed by atoms with van der Waals surface area (Å²) in [6.07, 6.45) is 0.809. The van der Waals surface area contributed by atoms with E-state index in [4.69, 9.17) is 0 Å². The highest BCUT2D eigenvalue weighted by molar-refractivity contribution is 7.80. The van der Waals surface area contributed by atoms with Gasteiger partial charge in [0.1, 0.15) is 0 Å². The molecule has 0 fully saturated rings. The first-order chi connectivity index (χ1) is 16.1. The van der Waals surface area contributed by atoms with E-state index >= 15 is 0 Å². The molecule has 4 heteroatoms. The van der Waals surface area contributed by atoms with Gasteiger partial charge >= 0.3 is 0 Å². The molecule has 0 aliphatic heterocycles. The standard InChI is InChI=1S/C30H30S4/c1-18-13-22(5-9-26(18)31)17-30(23-6-10-27(32)19(2)14-23,24-7-11-28(33)20(3)15-24)25-8-12-29(34)21(4)16-25/h5-16,31-34H,17H2,1-4H3. The summed E-state index contributed by atoms with van der Waals surface area (Å²) in [5.74, 6) is 0. The molecule has 0 amide bonds. The van der Waals surface area contributed by atoms with Crippen molar-refractivity contribution in [3.63, 3.8) is 0 Å². The number of rotatable bonds is 5. The number of thiol groups is 4. The van der Waals surface area contributed by atoms with E-state index in [1.165, 1.54) is 27.8 Å². The fourth-order valence-corrected chi connectivity index (χ4v) is 5.26. The normalized spacial score (nSPS) is 11.6. The zero-order valence-corrected chi connectivity index (χ0v) is 23.5. The van der Waals surface area contributed by atoms with Gasteiger partial charge in [0.2, 0.25) is 0 Å². The highest BCUT2D eigenvalue weighted by Gasteiger charge is 2.37. The quantitative estimate of drug-likeness (QED) is 0.147. The molecule has 4 aromatic rings. The Labute approximate surface area is 225 Å². The van der Waals surface area contributed by atoms with Crippen LogP contribution in [0.25, 0.3) is 0 Å². The molecule has 4 aromatic carbocycles. The Morgan fingerprint density at radius 3 is 1.12 bits per heavy atom. The van der Waals surface area contributed by atoms with E-state index in [1.54, 1.807) is 0 Å². The zero-order valence-electron chi connectivity index (χ0n) is 19.9. The summed E-state index contributed by atoms with van der Waals surface area (Å²) in [7, 11) is 0. The second-order valence-electron chi connectivity index (χ2n) is 9.21. The van der Waals surface area contributed by atoms with Crippen molar-refractivity contribution in [2.75, 3.05) is 0 Å². The zero-order chi connectivity index (χ0) is 24.6. The molecule has 0 aliphatic rings. The molecule has 34 heavy (non-hydrogen) atoms. The maximum absolute atomic E-state index is 4.67. The van der Waals surface area contributed by atoms with Crippen molar-refractivity contribution in [1.82, 2.24) is 0 Å². The average Bonchev–Trinajstić information content (AvgIpc) is 2.80. The smallest absolute Gasteiger partial charge is 0.0491 e. The van der Waals surface area contributed by atoms with E-state index < -0.39 is 5.41 Å². The second-order valence-corrected chi connectivity index (χ2v) is 11.1. The molecule has 0 heterocycles. The highest BCUT2D eigenvalue weighted by atomic mass is 32.1. The van der Waals surface area contributed by atoms with Crippen LogP contribution in [0.2, 0.25) is 0 Å². The molecule has 0 nitrogen and oxygen atoms in total. The highest BCUT2D eigenvalue weighted by Crippen LogP contribution is 2.44. The topological polar surface area (TPSA) is 0 Å². The van der Waals surface area contributed by atoms with Crippen LogP contribution >= 0.6 is 50.5 Å². The van der Waals surface area contributed by atoms with Crippen molar-refractivity contribution in [2.45, 2.75) is 59.1 Å². The van der Waals surface area contributed by atoms with Crippen molar-refractivity contribution < 1.29 is 0 Å². The maximum Gasteiger partial charge on any atom is 0.0491 e. The van der Waals surface area contributed by atoms with Gasteiger partial charge < -0.3 is 0 Å². The third-order valence-corrected chi connectivity index (χ3v) is 8.81. The van der Waals surface area contributed by atoms with Gasteiger partial charge in [-0.05, 0) is 103 Å². The van der Waals surface area contributed by atoms with Gasteiger partial charge in [0.15, 0.2) is 0 Å². The molecule has 4 rings (SSSR count). The van der Waals surface area contributed by atoms with E-state index in [2.05, 4.69) is 151 Å². The lowest BCUT2D eigenvalue weighted by Gasteiger charge is -2.37. The summed E-state index contributed by atoms with van der Waals surface area (Å²) in [4.78, 5) is 4.00. The number of hydrogen-bond acceptors (Lipinski definition) is 4. The minimum Gasteiger partial charge on any atom is -0.143 e. The van der Waals surface area contributed by atoms with Crippen molar-refractivity contribution in [1.29, 1.82) is 0 Å². The van der Waals surface area contributed by atoms with Gasteiger partial charge in [0.05, 0.1) is 0 Å². The van der Waals surface area contributed by atoms with Gasteiger partial charge in [-0.15, -0.1) is 50.5 Å². The maximum atomic E-state index is 4.67. The molecule has 0 aromatic heterocycles. The molecule has 0 atom stereocenters. The summed E-state index contributed by atoms with van der Waals surface area (Å²) >= 11 is 18.6. The van der Waals surface area contributed by atoms with Crippen molar-refractivity contribution in [3.05, 3.63) is 117 Å². The van der Waals surface area contributed by atoms with Gasteiger partial charge in [-0.1, -0.05) is 48.5 Å². The van der Waals surface area contributed by atoms with Crippen molar-refractivity contribution in [2.24, 2.45) is 0 Å². The number of benzene rings is 4. The first-order valence-electron chi connectivity index (χ1n) is 11.3. The van der Waals surface area contributed by atoms with Crippen LogP contribution in [0.15, 0.2) is 92.4 Å². The first-order valence-corrected chi connectivity index (χ1v) is 13.1. The van der Waals surface area contributed by atoms with Crippen LogP contribution < -0.4 is 0 Å². The Kier molecular flexibility index (Phi) is 7.54. The number of aryl methyl sites for hydroxylation is 4. The van der Waals surface area contributed by atoms with Crippen molar-refractivity contribution >= 4 is 50.5 Å². The monoisotopic (exact) mass is 518 g/mol. The lowest BCUT2D eigenvalue weighted by molar-refractivity contribution is 0.609. The predicted molar refractivity (Wildman–Crippen MR) is 157 cm³/mol. The molecule has 0 saturated heterocycles. The second kappa shape index (κ2) is 10.1. The fourth-order valence-electron chi connectivity index (χ4n) is 4.70. The third-order valence-electron chi connectivity index (χ3n) is 6.80. The molecule has 174 valence electrons. The van der Waals surface area contributed by atoms with E-state index in [0.717, 1.165) is 42.7 Å². The van der Waals surface area contributed by atoms with Gasteiger partial charge in [-0.25, -0.2) is 0 Å². The molecule has 0 radical (unpaired) electrons. The molecule has 0 unspecified atom stereocenters. The van der Waals surface area contributed by atoms with E-state index in [9.17, 15) is 0 Å². The Hall–Kier alpha value is -1.72. The Morgan fingerprint density at radius 2 is 0.794 bits per heavy atom. The average molecular weight is 519 g/mol. The van der Waals surface area contributed by atoms with E-state index in [0.29, 0.717) is 0 Å². The lowest BCUT2D eigenvalue weighted by atomic mass is 9.65. The predicted octanol–water partition coefficient (Wildman–Crippen LogP) is 8.65. The largest absolute Gasteiger partial charge is 0.143 e. The van der Waals surface area contributed by atoms with Crippen LogP contribution in [-0.2, 0) is 11.8 Å². The van der Waals surface area contributed by atoms with E-state index in [1.807, 2.05) is 0 Å². The van der Waals surface area contributed by atoms with Crippen molar-refractivity contribution in [3.8, 4) is 0 Å². The Morgan fingerprint density at radius 1 is 0.471 bits per heavy atom. The fraction of sp³-hybridized carbons (Fsp3) is 0.200. The molecular weight excluding hydrogens is 489 g/mol.